The predicted molar refractivity (Wildman–Crippen MR) is 83.8 cm³/mol. The molecule has 0 bridgehead atoms. The van der Waals surface area contributed by atoms with Crippen LogP contribution in [0.3, 0.4) is 0 Å². The molecular formula is C13H17N5O6. The number of piperazine rings is 1. The maximum Gasteiger partial charge on any atom is 0.338 e. The summed E-state index contributed by atoms with van der Waals surface area (Å²) in [6, 6.07) is 1.94. The van der Waals surface area contributed by atoms with Gasteiger partial charge in [-0.25, -0.2) is 9.80 Å². The Balaban J connectivity index is 2.45. The number of carbonyl (C=O) groups is 1. The minimum absolute atomic E-state index is 0.248. The Kier molecular flexibility index (Phi) is 5.26. The highest BCUT2D eigenvalue weighted by Gasteiger charge is 2.30. The van der Waals surface area contributed by atoms with Gasteiger partial charge in [0.2, 0.25) is 5.69 Å². The molecule has 0 saturated carbocycles. The highest BCUT2D eigenvalue weighted by molar-refractivity contribution is 5.93. The molecule has 1 aliphatic heterocycles. The summed E-state index contributed by atoms with van der Waals surface area (Å²) in [5, 5.41) is 24.3. The average molecular weight is 339 g/mol. The first-order chi connectivity index (χ1) is 11.3. The van der Waals surface area contributed by atoms with Crippen LogP contribution in [0.4, 0.5) is 17.1 Å². The van der Waals surface area contributed by atoms with Crippen molar-refractivity contribution in [2.45, 2.75) is 0 Å². The second-order valence-corrected chi connectivity index (χ2v) is 5.30. The van der Waals surface area contributed by atoms with E-state index in [-0.39, 0.29) is 11.3 Å². The van der Waals surface area contributed by atoms with Crippen molar-refractivity contribution in [1.29, 1.82) is 0 Å². The number of nitrogens with one attached hydrogen (secondary N) is 1. The molecule has 0 spiro atoms. The van der Waals surface area contributed by atoms with Gasteiger partial charge in [-0.3, -0.25) is 20.2 Å². The largest absolute Gasteiger partial charge is 0.465 e. The van der Waals surface area contributed by atoms with Crippen LogP contribution in [0.5, 0.6) is 0 Å². The molecule has 1 aromatic rings. The molecule has 0 aromatic heterocycles. The molecule has 11 nitrogen and oxygen atoms in total. The van der Waals surface area contributed by atoms with Crippen molar-refractivity contribution in [3.8, 4) is 0 Å². The quantitative estimate of drug-likeness (QED) is 0.471. The zero-order chi connectivity index (χ0) is 17.9. The Bertz CT molecular complexity index is 636. The number of likely N-dealkylation sites (N-methyl/N-ethyl adjacent to an activating group) is 1. The molecule has 0 amide bonds. The number of nitrogens with zero attached hydrogens (tertiary/aromatic N) is 4. The monoisotopic (exact) mass is 339 g/mol. The van der Waals surface area contributed by atoms with E-state index in [4.69, 9.17) is 0 Å². The minimum atomic E-state index is -0.882. The average Bonchev–Trinajstić information content (AvgIpc) is 2.55. The molecule has 1 N–H and O–H groups in total. The van der Waals surface area contributed by atoms with Crippen LogP contribution >= 0.6 is 0 Å². The van der Waals surface area contributed by atoms with Crippen LogP contribution in [0.1, 0.15) is 10.4 Å². The Hall–Kier alpha value is -2.79. The van der Waals surface area contributed by atoms with Gasteiger partial charge in [-0.05, 0) is 7.05 Å². The van der Waals surface area contributed by atoms with E-state index in [9.17, 15) is 25.0 Å². The summed E-state index contributed by atoms with van der Waals surface area (Å²) in [5.74, 6) is -0.882. The summed E-state index contributed by atoms with van der Waals surface area (Å²) >= 11 is 0. The number of carbonyl (C=O) groups excluding carboxylic acids is 1. The van der Waals surface area contributed by atoms with E-state index >= 15 is 0 Å². The number of methoxy groups -OCH3 is 1. The topological polar surface area (TPSA) is 131 Å². The van der Waals surface area contributed by atoms with Crippen LogP contribution < -0.4 is 5.43 Å². The predicted octanol–water partition coefficient (Wildman–Crippen LogP) is 0.864. The minimum Gasteiger partial charge on any atom is -0.465 e. The fourth-order valence-corrected chi connectivity index (χ4v) is 2.33. The number of esters is 1. The van der Waals surface area contributed by atoms with Crippen molar-refractivity contribution in [3.63, 3.8) is 0 Å². The van der Waals surface area contributed by atoms with Gasteiger partial charge in [-0.1, -0.05) is 0 Å². The van der Waals surface area contributed by atoms with E-state index in [0.717, 1.165) is 32.3 Å². The molecule has 0 atom stereocenters. The van der Waals surface area contributed by atoms with Gasteiger partial charge in [0.25, 0.3) is 0 Å². The highest BCUT2D eigenvalue weighted by atomic mass is 16.6. The van der Waals surface area contributed by atoms with E-state index in [1.165, 1.54) is 0 Å². The molecule has 130 valence electrons. The Morgan fingerprint density at radius 3 is 2.04 bits per heavy atom. The number of nitro groups is 2. The molecular weight excluding hydrogens is 322 g/mol. The van der Waals surface area contributed by atoms with Gasteiger partial charge in [0, 0.05) is 38.3 Å². The third kappa shape index (κ3) is 3.75. The number of hydrogen-bond acceptors (Lipinski definition) is 9. The number of benzene rings is 1. The molecule has 0 radical (unpaired) electrons. The molecule has 2 rings (SSSR count). The highest BCUT2D eigenvalue weighted by Crippen LogP contribution is 2.36. The number of ether oxygens (including phenoxy) is 1. The first-order valence-corrected chi connectivity index (χ1v) is 7.08. The molecule has 1 heterocycles. The fraction of sp³-hybridized carbons (Fsp3) is 0.462. The lowest BCUT2D eigenvalue weighted by Gasteiger charge is -2.32. The molecule has 1 aromatic carbocycles. The number of rotatable bonds is 5. The molecule has 1 aliphatic rings. The Labute approximate surface area is 137 Å². The smallest absolute Gasteiger partial charge is 0.338 e. The van der Waals surface area contributed by atoms with Crippen LogP contribution in [-0.2, 0) is 4.74 Å². The lowest BCUT2D eigenvalue weighted by molar-refractivity contribution is -0.392. The van der Waals surface area contributed by atoms with Gasteiger partial charge in [-0.2, -0.15) is 0 Å². The van der Waals surface area contributed by atoms with Crippen molar-refractivity contribution in [1.82, 2.24) is 9.91 Å². The number of hydrazine groups is 1. The SMILES string of the molecule is COC(=O)c1cc([N+](=O)[O-])c(NN2CCN(C)CC2)c([N+](=O)[O-])c1. The second-order valence-electron chi connectivity index (χ2n) is 5.30. The normalized spacial score (nSPS) is 15.8. The number of anilines is 1. The van der Waals surface area contributed by atoms with Crippen LogP contribution in [-0.4, -0.2) is 66.1 Å². The van der Waals surface area contributed by atoms with Crippen LogP contribution in [0.2, 0.25) is 0 Å². The molecule has 0 unspecified atom stereocenters. The molecule has 24 heavy (non-hydrogen) atoms. The lowest BCUT2D eigenvalue weighted by Crippen LogP contribution is -2.47. The van der Waals surface area contributed by atoms with Gasteiger partial charge in [0.1, 0.15) is 0 Å². The van der Waals surface area contributed by atoms with Crippen molar-refractivity contribution in [3.05, 3.63) is 37.9 Å². The first-order valence-electron chi connectivity index (χ1n) is 7.08. The van der Waals surface area contributed by atoms with Crippen LogP contribution in [0, 0.1) is 20.2 Å². The molecule has 1 fully saturated rings. The summed E-state index contributed by atoms with van der Waals surface area (Å²) in [7, 11) is 3.03. The van der Waals surface area contributed by atoms with E-state index in [0.29, 0.717) is 13.1 Å². The van der Waals surface area contributed by atoms with Crippen LogP contribution in [0.25, 0.3) is 0 Å². The van der Waals surface area contributed by atoms with Crippen molar-refractivity contribution in [2.75, 3.05) is 45.8 Å². The molecule has 11 heteroatoms. The zero-order valence-corrected chi connectivity index (χ0v) is 13.2. The molecule has 1 saturated heterocycles. The third-order valence-electron chi connectivity index (χ3n) is 3.68. The van der Waals surface area contributed by atoms with Gasteiger partial charge in [0.05, 0.1) is 22.5 Å². The standard InChI is InChI=1S/C13H17N5O6/c1-15-3-5-16(6-4-15)14-12-10(17(20)21)7-9(13(19)24-2)8-11(12)18(22)23/h7-8,14H,3-6H2,1-2H3. The van der Waals surface area contributed by atoms with Gasteiger partial charge < -0.3 is 15.1 Å². The summed E-state index contributed by atoms with van der Waals surface area (Å²) in [4.78, 5) is 34.8. The van der Waals surface area contributed by atoms with Gasteiger partial charge in [0.15, 0.2) is 0 Å². The summed E-state index contributed by atoms with van der Waals surface area (Å²) in [5.41, 5.74) is 1.15. The fourth-order valence-electron chi connectivity index (χ4n) is 2.33. The first kappa shape index (κ1) is 17.6. The summed E-state index contributed by atoms with van der Waals surface area (Å²) in [6.45, 7) is 2.52. The maximum atomic E-state index is 11.6. The van der Waals surface area contributed by atoms with E-state index in [1.54, 1.807) is 5.01 Å². The Morgan fingerprint density at radius 1 is 1.12 bits per heavy atom. The molecule has 0 aliphatic carbocycles. The van der Waals surface area contributed by atoms with E-state index < -0.39 is 27.2 Å². The zero-order valence-electron chi connectivity index (χ0n) is 13.2. The van der Waals surface area contributed by atoms with E-state index in [2.05, 4.69) is 15.1 Å². The summed E-state index contributed by atoms with van der Waals surface area (Å²) < 4.78 is 4.49. The van der Waals surface area contributed by atoms with Crippen LogP contribution in [0.15, 0.2) is 12.1 Å². The second kappa shape index (κ2) is 7.19. The van der Waals surface area contributed by atoms with Crippen molar-refractivity contribution in [2.24, 2.45) is 0 Å². The number of nitro benzene ring substituents is 2. The Morgan fingerprint density at radius 2 is 1.62 bits per heavy atom. The number of hydrogen-bond donors (Lipinski definition) is 1. The third-order valence-corrected chi connectivity index (χ3v) is 3.68. The lowest BCUT2D eigenvalue weighted by atomic mass is 10.1. The van der Waals surface area contributed by atoms with E-state index in [1.807, 2.05) is 7.05 Å². The van der Waals surface area contributed by atoms with Crippen molar-refractivity contribution < 1.29 is 19.4 Å². The maximum absolute atomic E-state index is 11.6. The van der Waals surface area contributed by atoms with Gasteiger partial charge in [-0.15, -0.1) is 0 Å². The van der Waals surface area contributed by atoms with Crippen molar-refractivity contribution >= 4 is 23.0 Å². The van der Waals surface area contributed by atoms with Gasteiger partial charge >= 0.3 is 17.3 Å². The summed E-state index contributed by atoms with van der Waals surface area (Å²) in [6.07, 6.45) is 0.